The number of rotatable bonds is 8. The summed E-state index contributed by atoms with van der Waals surface area (Å²) in [6, 6.07) is 15.8. The molecule has 8 nitrogen and oxygen atoms in total. The normalized spacial score (nSPS) is 26.8. The average molecular weight is 469 g/mol. The number of nitrogens with zero attached hydrogens (tertiary/aromatic N) is 1. The zero-order valence-electron chi connectivity index (χ0n) is 17.9. The van der Waals surface area contributed by atoms with Crippen molar-refractivity contribution in [1.82, 2.24) is 10.2 Å². The van der Waals surface area contributed by atoms with Crippen LogP contribution in [0.25, 0.3) is 0 Å². The number of carboxylic acids is 2. The van der Waals surface area contributed by atoms with Crippen LogP contribution >= 0.6 is 11.8 Å². The van der Waals surface area contributed by atoms with Crippen LogP contribution in [0.4, 0.5) is 0 Å². The first kappa shape index (κ1) is 22.8. The smallest absolute Gasteiger partial charge is 0.327 e. The Morgan fingerprint density at radius 3 is 2.24 bits per heavy atom. The Hall–Kier alpha value is -3.33. The van der Waals surface area contributed by atoms with Crippen molar-refractivity contribution in [2.45, 2.75) is 47.9 Å². The Labute approximate surface area is 195 Å². The van der Waals surface area contributed by atoms with Gasteiger partial charge in [-0.2, -0.15) is 0 Å². The van der Waals surface area contributed by atoms with Crippen LogP contribution in [0.3, 0.4) is 0 Å². The molecule has 2 heterocycles. The number of benzene rings is 2. The van der Waals surface area contributed by atoms with Gasteiger partial charge in [-0.3, -0.25) is 14.4 Å². The number of hydrogen-bond acceptors (Lipinski definition) is 5. The molecule has 0 aliphatic carbocycles. The van der Waals surface area contributed by atoms with Crippen molar-refractivity contribution in [2.24, 2.45) is 0 Å². The van der Waals surface area contributed by atoms with E-state index in [4.69, 9.17) is 0 Å². The minimum atomic E-state index is -1.46. The van der Waals surface area contributed by atoms with Gasteiger partial charge in [-0.15, -0.1) is 11.8 Å². The van der Waals surface area contributed by atoms with Crippen molar-refractivity contribution in [2.75, 3.05) is 0 Å². The van der Waals surface area contributed by atoms with E-state index in [9.17, 15) is 29.4 Å². The highest BCUT2D eigenvalue weighted by molar-refractivity contribution is 8.01. The third-order valence-electron chi connectivity index (χ3n) is 6.25. The number of hydrogen-bond donors (Lipinski definition) is 3. The fraction of sp³-hybridized carbons (Fsp3) is 0.333. The molecule has 9 heteroatoms. The van der Waals surface area contributed by atoms with E-state index >= 15 is 0 Å². The zero-order chi connectivity index (χ0) is 23.8. The van der Waals surface area contributed by atoms with Gasteiger partial charge in [0, 0.05) is 4.75 Å². The molecule has 2 saturated heterocycles. The molecule has 2 aromatic carbocycles. The predicted molar refractivity (Wildman–Crippen MR) is 122 cm³/mol. The fourth-order valence-electron chi connectivity index (χ4n) is 4.55. The molecule has 0 spiro atoms. The maximum Gasteiger partial charge on any atom is 0.327 e. The number of β-lactam (4-membered cyclic amide) rings is 1. The highest BCUT2D eigenvalue weighted by Crippen LogP contribution is 2.53. The number of carbonyl (C=O) groups excluding carboxylic acids is 2. The van der Waals surface area contributed by atoms with Gasteiger partial charge in [-0.1, -0.05) is 60.7 Å². The molecule has 2 amide bonds. The molecule has 4 rings (SSSR count). The van der Waals surface area contributed by atoms with Crippen molar-refractivity contribution < 1.29 is 29.4 Å². The van der Waals surface area contributed by atoms with Gasteiger partial charge < -0.3 is 20.4 Å². The largest absolute Gasteiger partial charge is 0.480 e. The lowest BCUT2D eigenvalue weighted by molar-refractivity contribution is -0.161. The number of carbonyl (C=O) groups is 4. The minimum absolute atomic E-state index is 0.307. The summed E-state index contributed by atoms with van der Waals surface area (Å²) in [4.78, 5) is 50.9. The summed E-state index contributed by atoms with van der Waals surface area (Å²) >= 11 is 1.35. The van der Waals surface area contributed by atoms with E-state index in [0.717, 1.165) is 5.56 Å². The van der Waals surface area contributed by atoms with Crippen LogP contribution in [0, 0.1) is 0 Å². The molecular formula is C24H24N2O6S. The molecule has 3 N–H and O–H groups in total. The first-order valence-electron chi connectivity index (χ1n) is 10.6. The maximum atomic E-state index is 12.9. The monoisotopic (exact) mass is 468 g/mol. The third-order valence-corrected chi connectivity index (χ3v) is 7.96. The minimum Gasteiger partial charge on any atom is -0.480 e. The molecule has 0 aromatic heterocycles. The molecule has 0 radical (unpaired) electrons. The lowest BCUT2D eigenvalue weighted by Crippen LogP contribution is -2.71. The summed E-state index contributed by atoms with van der Waals surface area (Å²) < 4.78 is -0.757. The summed E-state index contributed by atoms with van der Waals surface area (Å²) in [7, 11) is 0. The van der Waals surface area contributed by atoms with E-state index in [-0.39, 0.29) is 0 Å². The molecule has 0 saturated carbocycles. The number of carboxylic acid groups (broad SMARTS) is 2. The Morgan fingerprint density at radius 1 is 1.06 bits per heavy atom. The van der Waals surface area contributed by atoms with E-state index in [1.165, 1.54) is 16.7 Å². The quantitative estimate of drug-likeness (QED) is 0.400. The Balaban J connectivity index is 1.50. The summed E-state index contributed by atoms with van der Waals surface area (Å²) in [6.45, 7) is 1.83. The predicted octanol–water partition coefficient (Wildman–Crippen LogP) is 2.10. The standard InChI is InChI=1S/C24H24N2O6S/c1-24(13-12-14-8-4-2-5-9-14)18(23(31)32)26-20(28)17(21(26)33-24)25-19(27)16(22(29)30)15-10-6-3-7-11-15/h2-11,16-18,21H,12-13H2,1H3,(H,25,27)(H,29,30)(H,31,32)/t16?,17?,18-,21+,24?/m0/s1. The number of thioether (sulfide) groups is 1. The molecule has 2 aliphatic heterocycles. The number of aliphatic carboxylic acids is 2. The van der Waals surface area contributed by atoms with Crippen molar-refractivity contribution in [3.8, 4) is 0 Å². The van der Waals surface area contributed by atoms with Gasteiger partial charge >= 0.3 is 11.9 Å². The Morgan fingerprint density at radius 2 is 1.67 bits per heavy atom. The first-order valence-corrected chi connectivity index (χ1v) is 11.5. The van der Waals surface area contributed by atoms with Crippen LogP contribution in [0.5, 0.6) is 0 Å². The van der Waals surface area contributed by atoms with E-state index in [0.29, 0.717) is 18.4 Å². The van der Waals surface area contributed by atoms with Crippen LogP contribution in [0.2, 0.25) is 0 Å². The van der Waals surface area contributed by atoms with Crippen LogP contribution in [-0.2, 0) is 25.6 Å². The Bertz CT molecular complexity index is 1080. The van der Waals surface area contributed by atoms with Crippen LogP contribution < -0.4 is 5.32 Å². The van der Waals surface area contributed by atoms with E-state index < -0.39 is 51.9 Å². The first-order chi connectivity index (χ1) is 15.7. The highest BCUT2D eigenvalue weighted by Gasteiger charge is 2.65. The Kier molecular flexibility index (Phi) is 6.16. The molecule has 0 bridgehead atoms. The lowest BCUT2D eigenvalue weighted by Gasteiger charge is -2.43. The number of aryl methyl sites for hydroxylation is 1. The van der Waals surface area contributed by atoms with Crippen molar-refractivity contribution >= 4 is 35.5 Å². The van der Waals surface area contributed by atoms with Gasteiger partial charge in [0.15, 0.2) is 5.92 Å². The van der Waals surface area contributed by atoms with Gasteiger partial charge in [0.1, 0.15) is 17.5 Å². The van der Waals surface area contributed by atoms with E-state index in [2.05, 4.69) is 5.32 Å². The van der Waals surface area contributed by atoms with Gasteiger partial charge in [0.2, 0.25) is 11.8 Å². The van der Waals surface area contributed by atoms with Crippen LogP contribution in [0.1, 0.15) is 30.4 Å². The third kappa shape index (κ3) is 4.20. The summed E-state index contributed by atoms with van der Waals surface area (Å²) in [6.07, 6.45) is 1.18. The van der Waals surface area contributed by atoms with Crippen molar-refractivity contribution in [1.29, 1.82) is 0 Å². The van der Waals surface area contributed by atoms with E-state index in [1.54, 1.807) is 30.3 Å². The summed E-state index contributed by atoms with van der Waals surface area (Å²) in [5, 5.41) is 21.5. The number of fused-ring (bicyclic) bond motifs is 1. The second kappa shape index (κ2) is 8.90. The molecule has 33 heavy (non-hydrogen) atoms. The van der Waals surface area contributed by atoms with Gasteiger partial charge in [-0.05, 0) is 30.9 Å². The second-order valence-electron chi connectivity index (χ2n) is 8.46. The number of amides is 2. The van der Waals surface area contributed by atoms with Crippen LogP contribution in [-0.4, -0.2) is 61.1 Å². The lowest BCUT2D eigenvalue weighted by atomic mass is 9.89. The fourth-order valence-corrected chi connectivity index (χ4v) is 6.33. The molecule has 3 unspecified atom stereocenters. The molecular weight excluding hydrogens is 444 g/mol. The summed E-state index contributed by atoms with van der Waals surface area (Å²) in [5.41, 5.74) is 1.38. The topological polar surface area (TPSA) is 124 Å². The zero-order valence-corrected chi connectivity index (χ0v) is 18.7. The van der Waals surface area contributed by atoms with Crippen molar-refractivity contribution in [3.63, 3.8) is 0 Å². The number of nitrogens with one attached hydrogen (secondary N) is 1. The molecule has 2 aliphatic rings. The highest BCUT2D eigenvalue weighted by atomic mass is 32.2. The maximum absolute atomic E-state index is 12.9. The van der Waals surface area contributed by atoms with Gasteiger partial charge in [-0.25, -0.2) is 4.79 Å². The molecule has 172 valence electrons. The molecule has 2 aromatic rings. The van der Waals surface area contributed by atoms with E-state index in [1.807, 2.05) is 37.3 Å². The van der Waals surface area contributed by atoms with Crippen molar-refractivity contribution in [3.05, 3.63) is 71.8 Å². The molecule has 2 fully saturated rings. The van der Waals surface area contributed by atoms with Gasteiger partial charge in [0.25, 0.3) is 0 Å². The van der Waals surface area contributed by atoms with Crippen LogP contribution in [0.15, 0.2) is 60.7 Å². The second-order valence-corrected chi connectivity index (χ2v) is 10.1. The SMILES string of the molecule is CC1(CCc2ccccc2)S[C@@H]2C(NC(=O)C(C(=O)O)c3ccccc3)C(=O)N2[C@H]1C(=O)O. The average Bonchev–Trinajstić information content (AvgIpc) is 3.07. The van der Waals surface area contributed by atoms with Gasteiger partial charge in [0.05, 0.1) is 0 Å². The summed E-state index contributed by atoms with van der Waals surface area (Å²) in [5.74, 6) is -5.17. The molecule has 5 atom stereocenters.